The quantitative estimate of drug-likeness (QED) is 0.756. The fourth-order valence-corrected chi connectivity index (χ4v) is 5.47. The summed E-state index contributed by atoms with van der Waals surface area (Å²) in [5.41, 5.74) is -0.221. The highest BCUT2D eigenvalue weighted by molar-refractivity contribution is 6.24. The van der Waals surface area contributed by atoms with E-state index in [1.54, 1.807) is 0 Å². The Morgan fingerprint density at radius 1 is 1.29 bits per heavy atom. The van der Waals surface area contributed by atoms with Gasteiger partial charge in [0.1, 0.15) is 0 Å². The van der Waals surface area contributed by atoms with Crippen LogP contribution < -0.4 is 5.32 Å². The largest absolute Gasteiger partial charge is 0.395 e. The minimum absolute atomic E-state index is 0.0146. The van der Waals surface area contributed by atoms with E-state index in [0.29, 0.717) is 18.4 Å². The van der Waals surface area contributed by atoms with E-state index in [0.717, 1.165) is 32.1 Å². The molecule has 0 aromatic carbocycles. The van der Waals surface area contributed by atoms with Gasteiger partial charge in [0.25, 0.3) is 0 Å². The summed E-state index contributed by atoms with van der Waals surface area (Å²) in [5.74, 6) is 1.42. The Morgan fingerprint density at radius 3 is 2.47 bits per heavy atom. The first-order chi connectivity index (χ1) is 8.05. The molecule has 0 spiro atoms. The number of carbonyl (C=O) groups excluding carboxylic acids is 1. The summed E-state index contributed by atoms with van der Waals surface area (Å²) in [6.45, 7) is 0.381. The van der Waals surface area contributed by atoms with E-state index in [9.17, 15) is 4.79 Å². The second kappa shape index (κ2) is 3.86. The zero-order valence-electron chi connectivity index (χ0n) is 10.0. The molecule has 4 fully saturated rings. The summed E-state index contributed by atoms with van der Waals surface area (Å²) < 4.78 is 0. The molecule has 96 valence electrons. The summed E-state index contributed by atoms with van der Waals surface area (Å²) in [5, 5.41) is 11.7. The fraction of sp³-hybridized carbons (Fsp3) is 0.923. The van der Waals surface area contributed by atoms with Crippen molar-refractivity contribution in [2.24, 2.45) is 17.3 Å². The minimum atomic E-state index is -0.221. The number of hydrogen-bond donors (Lipinski definition) is 2. The number of aliphatic hydroxyl groups is 1. The third-order valence-electron chi connectivity index (χ3n) is 4.87. The average Bonchev–Trinajstić information content (AvgIpc) is 2.22. The Hall–Kier alpha value is -0.280. The van der Waals surface area contributed by atoms with E-state index in [2.05, 4.69) is 5.32 Å². The van der Waals surface area contributed by atoms with Crippen molar-refractivity contribution in [1.29, 1.82) is 0 Å². The number of carbonyl (C=O) groups is 1. The predicted octanol–water partition coefficient (Wildman–Crippen LogP) is 1.67. The van der Waals surface area contributed by atoms with Gasteiger partial charge in [-0.2, -0.15) is 0 Å². The first-order valence-electron chi connectivity index (χ1n) is 6.63. The van der Waals surface area contributed by atoms with Crippen LogP contribution >= 0.6 is 11.6 Å². The molecule has 3 nitrogen and oxygen atoms in total. The highest BCUT2D eigenvalue weighted by Gasteiger charge is 2.59. The van der Waals surface area contributed by atoms with Crippen molar-refractivity contribution in [3.05, 3.63) is 0 Å². The van der Waals surface area contributed by atoms with Crippen LogP contribution in [-0.4, -0.2) is 29.0 Å². The van der Waals surface area contributed by atoms with Crippen molar-refractivity contribution in [1.82, 2.24) is 5.32 Å². The molecule has 4 rings (SSSR count). The van der Waals surface area contributed by atoms with Crippen LogP contribution in [-0.2, 0) is 4.79 Å². The van der Waals surface area contributed by atoms with E-state index in [4.69, 9.17) is 16.7 Å². The number of rotatable bonds is 3. The van der Waals surface area contributed by atoms with Crippen molar-refractivity contribution >= 4 is 17.5 Å². The van der Waals surface area contributed by atoms with E-state index >= 15 is 0 Å². The summed E-state index contributed by atoms with van der Waals surface area (Å²) >= 11 is 6.67. The third kappa shape index (κ3) is 1.88. The molecule has 4 heteroatoms. The van der Waals surface area contributed by atoms with Gasteiger partial charge < -0.3 is 10.4 Å². The van der Waals surface area contributed by atoms with Gasteiger partial charge in [-0.05, 0) is 50.4 Å². The SMILES string of the molecule is O=C(NCCO)C12C[C@@H]3C[C@H](CC(Cl)(C3)C1)C2. The maximum atomic E-state index is 12.3. The van der Waals surface area contributed by atoms with Crippen molar-refractivity contribution in [2.45, 2.75) is 43.4 Å². The maximum Gasteiger partial charge on any atom is 0.226 e. The zero-order chi connectivity index (χ0) is 12.1. The Kier molecular flexibility index (Phi) is 2.67. The first-order valence-corrected chi connectivity index (χ1v) is 7.01. The van der Waals surface area contributed by atoms with Crippen molar-refractivity contribution in [3.63, 3.8) is 0 Å². The van der Waals surface area contributed by atoms with Crippen molar-refractivity contribution in [3.8, 4) is 0 Å². The van der Waals surface area contributed by atoms with Gasteiger partial charge in [0.15, 0.2) is 0 Å². The van der Waals surface area contributed by atoms with Crippen LogP contribution in [0.5, 0.6) is 0 Å². The lowest BCUT2D eigenvalue weighted by Crippen LogP contribution is -2.58. The van der Waals surface area contributed by atoms with Gasteiger partial charge in [0.2, 0.25) is 5.91 Å². The standard InChI is InChI=1S/C13H20ClNO2/c14-13-6-9-3-10(7-13)5-12(4-9,8-13)11(17)15-1-2-16/h9-10,16H,1-8H2,(H,15,17)/t9-,10-,12?,13?/m0/s1. The number of alkyl halides is 1. The topological polar surface area (TPSA) is 49.3 Å². The Morgan fingerprint density at radius 2 is 1.94 bits per heavy atom. The average molecular weight is 258 g/mol. The highest BCUT2D eigenvalue weighted by atomic mass is 35.5. The smallest absolute Gasteiger partial charge is 0.226 e. The van der Waals surface area contributed by atoms with Crippen LogP contribution in [0, 0.1) is 17.3 Å². The van der Waals surface area contributed by atoms with Crippen LogP contribution in [0.25, 0.3) is 0 Å². The number of amides is 1. The molecule has 0 aliphatic heterocycles. The number of nitrogens with one attached hydrogen (secondary N) is 1. The van der Waals surface area contributed by atoms with Gasteiger partial charge in [0, 0.05) is 11.4 Å². The lowest BCUT2D eigenvalue weighted by Gasteiger charge is -2.59. The van der Waals surface area contributed by atoms with Crippen LogP contribution in [0.15, 0.2) is 0 Å². The lowest BCUT2D eigenvalue weighted by atomic mass is 9.49. The fourth-order valence-electron chi connectivity index (χ4n) is 4.77. The Balaban J connectivity index is 1.81. The maximum absolute atomic E-state index is 12.3. The molecule has 0 heterocycles. The van der Waals surface area contributed by atoms with Crippen LogP contribution in [0.2, 0.25) is 0 Å². The molecule has 4 aliphatic carbocycles. The van der Waals surface area contributed by atoms with Gasteiger partial charge in [-0.25, -0.2) is 0 Å². The summed E-state index contributed by atoms with van der Waals surface area (Å²) in [6, 6.07) is 0. The molecule has 0 saturated heterocycles. The molecular weight excluding hydrogens is 238 g/mol. The molecule has 1 amide bonds. The van der Waals surface area contributed by atoms with E-state index in [-0.39, 0.29) is 22.8 Å². The second-order valence-corrected chi connectivity index (χ2v) is 7.17. The van der Waals surface area contributed by atoms with E-state index in [1.807, 2.05) is 0 Å². The van der Waals surface area contributed by atoms with Gasteiger partial charge in [-0.1, -0.05) is 0 Å². The molecule has 2 N–H and O–H groups in total. The molecule has 0 aromatic heterocycles. The third-order valence-corrected chi connectivity index (χ3v) is 5.31. The van der Waals surface area contributed by atoms with E-state index < -0.39 is 0 Å². The molecule has 4 saturated carbocycles. The minimum Gasteiger partial charge on any atom is -0.395 e. The molecule has 2 atom stereocenters. The Bertz CT molecular complexity index is 330. The zero-order valence-corrected chi connectivity index (χ0v) is 10.8. The predicted molar refractivity (Wildman–Crippen MR) is 65.8 cm³/mol. The molecule has 4 bridgehead atoms. The molecular formula is C13H20ClNO2. The van der Waals surface area contributed by atoms with Crippen LogP contribution in [0.1, 0.15) is 38.5 Å². The summed E-state index contributed by atoms with van der Waals surface area (Å²) in [6.07, 6.45) is 6.32. The molecule has 4 aliphatic rings. The lowest BCUT2D eigenvalue weighted by molar-refractivity contribution is -0.144. The number of halogens is 1. The number of aliphatic hydroxyl groups excluding tert-OH is 1. The molecule has 17 heavy (non-hydrogen) atoms. The van der Waals surface area contributed by atoms with Crippen LogP contribution in [0.3, 0.4) is 0 Å². The van der Waals surface area contributed by atoms with Crippen LogP contribution in [0.4, 0.5) is 0 Å². The second-order valence-electron chi connectivity index (χ2n) is 6.37. The van der Waals surface area contributed by atoms with Crippen molar-refractivity contribution in [2.75, 3.05) is 13.2 Å². The van der Waals surface area contributed by atoms with Crippen molar-refractivity contribution < 1.29 is 9.90 Å². The van der Waals surface area contributed by atoms with Gasteiger partial charge >= 0.3 is 0 Å². The Labute approximate surface area is 107 Å². The highest BCUT2D eigenvalue weighted by Crippen LogP contribution is 2.63. The first kappa shape index (κ1) is 11.8. The molecule has 0 unspecified atom stereocenters. The van der Waals surface area contributed by atoms with E-state index in [1.165, 1.54) is 6.42 Å². The summed E-state index contributed by atoms with van der Waals surface area (Å²) in [4.78, 5) is 12.2. The van der Waals surface area contributed by atoms with Gasteiger partial charge in [-0.3, -0.25) is 4.79 Å². The monoisotopic (exact) mass is 257 g/mol. The molecule has 0 aromatic rings. The van der Waals surface area contributed by atoms with Gasteiger partial charge in [-0.15, -0.1) is 11.6 Å². The van der Waals surface area contributed by atoms with Gasteiger partial charge in [0.05, 0.1) is 12.0 Å². The molecule has 0 radical (unpaired) electrons. The normalized spacial score (nSPS) is 47.2. The number of hydrogen-bond acceptors (Lipinski definition) is 2. The summed E-state index contributed by atoms with van der Waals surface area (Å²) in [7, 11) is 0.